The lowest BCUT2D eigenvalue weighted by Crippen LogP contribution is -2.07. The normalized spacial score (nSPS) is 10.1. The summed E-state index contributed by atoms with van der Waals surface area (Å²) in [4.78, 5) is 27.2. The predicted octanol–water partition coefficient (Wildman–Crippen LogP) is 1.91. The van der Waals surface area contributed by atoms with E-state index < -0.39 is 5.97 Å². The van der Waals surface area contributed by atoms with E-state index in [2.05, 4.69) is 15.0 Å². The highest BCUT2D eigenvalue weighted by molar-refractivity contribution is 7.98. The van der Waals surface area contributed by atoms with Crippen LogP contribution in [-0.2, 0) is 4.74 Å². The Hall–Kier alpha value is -1.08. The first kappa shape index (κ1) is 14.0. The van der Waals surface area contributed by atoms with Crippen molar-refractivity contribution in [1.29, 1.82) is 0 Å². The van der Waals surface area contributed by atoms with Crippen LogP contribution in [-0.4, -0.2) is 42.4 Å². The molecule has 0 atom stereocenters. The van der Waals surface area contributed by atoms with Crippen LogP contribution in [0.4, 0.5) is 5.13 Å². The maximum Gasteiger partial charge on any atom is 0.358 e. The van der Waals surface area contributed by atoms with E-state index in [1.807, 2.05) is 6.26 Å². The van der Waals surface area contributed by atoms with Crippen molar-refractivity contribution >= 4 is 40.0 Å². The van der Waals surface area contributed by atoms with Crippen LogP contribution in [0.25, 0.3) is 0 Å². The number of ketones is 1. The van der Waals surface area contributed by atoms with Gasteiger partial charge in [0.1, 0.15) is 4.88 Å². The zero-order valence-corrected chi connectivity index (χ0v) is 11.5. The van der Waals surface area contributed by atoms with Crippen LogP contribution in [0.5, 0.6) is 0 Å². The Labute approximate surface area is 108 Å². The van der Waals surface area contributed by atoms with Crippen LogP contribution in [0.15, 0.2) is 0 Å². The molecule has 0 radical (unpaired) electrons. The fraction of sp³-hybridized carbons (Fsp3) is 0.500. The molecule has 0 aromatic carbocycles. The Morgan fingerprint density at radius 3 is 2.76 bits per heavy atom. The Bertz CT molecular complexity index is 418. The molecule has 0 aliphatic heterocycles. The lowest BCUT2D eigenvalue weighted by atomic mass is 10.3. The summed E-state index contributed by atoms with van der Waals surface area (Å²) < 4.78 is 4.59. The van der Waals surface area contributed by atoms with Gasteiger partial charge in [-0.1, -0.05) is 11.3 Å². The van der Waals surface area contributed by atoms with Crippen molar-refractivity contribution in [3.05, 3.63) is 10.6 Å². The Morgan fingerprint density at radius 1 is 1.53 bits per heavy atom. The first-order chi connectivity index (χ1) is 8.10. The van der Waals surface area contributed by atoms with Crippen molar-refractivity contribution in [2.75, 3.05) is 31.0 Å². The fourth-order valence-corrected chi connectivity index (χ4v) is 2.31. The second kappa shape index (κ2) is 6.61. The van der Waals surface area contributed by atoms with Crippen LogP contribution in [0.1, 0.15) is 27.1 Å². The first-order valence-corrected chi connectivity index (χ1v) is 7.14. The smallest absolute Gasteiger partial charge is 0.358 e. The van der Waals surface area contributed by atoms with Crippen molar-refractivity contribution in [3.63, 3.8) is 0 Å². The minimum atomic E-state index is -0.579. The van der Waals surface area contributed by atoms with Crippen molar-refractivity contribution in [2.45, 2.75) is 6.92 Å². The molecular weight excluding hydrogens is 260 g/mol. The van der Waals surface area contributed by atoms with Crippen molar-refractivity contribution in [3.8, 4) is 0 Å². The molecule has 0 amide bonds. The molecule has 7 heteroatoms. The molecule has 0 unspecified atom stereocenters. The number of thiazole rings is 1. The second-order valence-electron chi connectivity index (χ2n) is 3.16. The summed E-state index contributed by atoms with van der Waals surface area (Å²) in [6, 6.07) is 0. The molecule has 0 spiro atoms. The molecule has 94 valence electrons. The zero-order valence-electron chi connectivity index (χ0n) is 9.90. The number of nitrogens with zero attached hydrogens (tertiary/aromatic N) is 1. The summed E-state index contributed by atoms with van der Waals surface area (Å²) in [5.41, 5.74) is 0.0941. The van der Waals surface area contributed by atoms with E-state index in [1.165, 1.54) is 25.4 Å². The number of esters is 1. The van der Waals surface area contributed by atoms with Crippen LogP contribution in [0, 0.1) is 0 Å². The second-order valence-corrected chi connectivity index (χ2v) is 5.15. The standard InChI is InChI=1S/C10H14N2O3S2/c1-6(13)8-7(9(14)15-2)12-10(17-8)11-4-5-16-3/h4-5H2,1-3H3,(H,11,12). The van der Waals surface area contributed by atoms with Gasteiger partial charge in [-0.15, -0.1) is 0 Å². The number of rotatable bonds is 6. The third kappa shape index (κ3) is 3.71. The summed E-state index contributed by atoms with van der Waals surface area (Å²) in [7, 11) is 1.27. The fourth-order valence-electron chi connectivity index (χ4n) is 1.13. The summed E-state index contributed by atoms with van der Waals surface area (Å²) >= 11 is 2.88. The molecule has 0 aliphatic carbocycles. The minimum Gasteiger partial charge on any atom is -0.464 e. The number of hydrogen-bond donors (Lipinski definition) is 1. The van der Waals surface area contributed by atoms with Gasteiger partial charge in [-0.25, -0.2) is 9.78 Å². The van der Waals surface area contributed by atoms with Gasteiger partial charge in [-0.05, 0) is 6.26 Å². The van der Waals surface area contributed by atoms with E-state index in [-0.39, 0.29) is 11.5 Å². The highest BCUT2D eigenvalue weighted by atomic mass is 32.2. The van der Waals surface area contributed by atoms with E-state index in [0.717, 1.165) is 12.3 Å². The van der Waals surface area contributed by atoms with E-state index in [0.29, 0.717) is 10.0 Å². The average molecular weight is 274 g/mol. The number of nitrogens with one attached hydrogen (secondary N) is 1. The summed E-state index contributed by atoms with van der Waals surface area (Å²) in [6.45, 7) is 2.15. The summed E-state index contributed by atoms with van der Waals surface area (Å²) in [6.07, 6.45) is 2.00. The number of aromatic nitrogens is 1. The Balaban J connectivity index is 2.88. The molecule has 17 heavy (non-hydrogen) atoms. The van der Waals surface area contributed by atoms with Crippen LogP contribution >= 0.6 is 23.1 Å². The number of thioether (sulfide) groups is 1. The molecule has 1 rings (SSSR count). The van der Waals surface area contributed by atoms with E-state index in [1.54, 1.807) is 11.8 Å². The van der Waals surface area contributed by atoms with Crippen LogP contribution < -0.4 is 5.32 Å². The molecule has 0 aliphatic rings. The summed E-state index contributed by atoms with van der Waals surface area (Å²) in [5, 5.41) is 3.64. The largest absolute Gasteiger partial charge is 0.464 e. The Morgan fingerprint density at radius 2 is 2.24 bits per heavy atom. The molecule has 1 N–H and O–H groups in total. The molecule has 1 heterocycles. The maximum atomic E-state index is 11.4. The van der Waals surface area contributed by atoms with Gasteiger partial charge in [0.15, 0.2) is 16.6 Å². The van der Waals surface area contributed by atoms with Gasteiger partial charge >= 0.3 is 5.97 Å². The van der Waals surface area contributed by atoms with Gasteiger partial charge < -0.3 is 10.1 Å². The monoisotopic (exact) mass is 274 g/mol. The van der Waals surface area contributed by atoms with Gasteiger partial charge in [-0.3, -0.25) is 4.79 Å². The minimum absolute atomic E-state index is 0.0941. The maximum absolute atomic E-state index is 11.4. The number of anilines is 1. The van der Waals surface area contributed by atoms with Crippen LogP contribution in [0.2, 0.25) is 0 Å². The topological polar surface area (TPSA) is 68.3 Å². The molecule has 0 saturated heterocycles. The third-order valence-electron chi connectivity index (χ3n) is 1.91. The number of ether oxygens (including phenoxy) is 1. The quantitative estimate of drug-likeness (QED) is 0.485. The Kier molecular flexibility index (Phi) is 5.43. The highest BCUT2D eigenvalue weighted by Gasteiger charge is 2.21. The summed E-state index contributed by atoms with van der Waals surface area (Å²) in [5.74, 6) is 0.174. The third-order valence-corrected chi connectivity index (χ3v) is 3.63. The zero-order chi connectivity index (χ0) is 12.8. The highest BCUT2D eigenvalue weighted by Crippen LogP contribution is 2.24. The van der Waals surface area contributed by atoms with E-state index >= 15 is 0 Å². The average Bonchev–Trinajstić information content (AvgIpc) is 2.73. The van der Waals surface area contributed by atoms with Crippen LogP contribution in [0.3, 0.4) is 0 Å². The molecule has 0 saturated carbocycles. The molecular formula is C10H14N2O3S2. The van der Waals surface area contributed by atoms with Crippen molar-refractivity contribution < 1.29 is 14.3 Å². The number of carbonyl (C=O) groups is 2. The van der Waals surface area contributed by atoms with Gasteiger partial charge in [0, 0.05) is 19.2 Å². The molecule has 5 nitrogen and oxygen atoms in total. The first-order valence-electron chi connectivity index (χ1n) is 4.93. The van der Waals surface area contributed by atoms with Gasteiger partial charge in [0.2, 0.25) is 0 Å². The predicted molar refractivity (Wildman–Crippen MR) is 70.3 cm³/mol. The SMILES string of the molecule is COC(=O)c1nc(NCCSC)sc1C(C)=O. The number of methoxy groups -OCH3 is 1. The van der Waals surface area contributed by atoms with Gasteiger partial charge in [-0.2, -0.15) is 11.8 Å². The number of Topliss-reactive ketones (excluding diaryl/α,β-unsaturated/α-hetero) is 1. The molecule has 0 bridgehead atoms. The van der Waals surface area contributed by atoms with Gasteiger partial charge in [0.05, 0.1) is 7.11 Å². The van der Waals surface area contributed by atoms with Gasteiger partial charge in [0.25, 0.3) is 0 Å². The molecule has 1 aromatic rings. The molecule has 1 aromatic heterocycles. The lowest BCUT2D eigenvalue weighted by Gasteiger charge is -1.98. The number of carbonyl (C=O) groups excluding carboxylic acids is 2. The van der Waals surface area contributed by atoms with E-state index in [4.69, 9.17) is 0 Å². The number of hydrogen-bond acceptors (Lipinski definition) is 7. The molecule has 0 fully saturated rings. The lowest BCUT2D eigenvalue weighted by molar-refractivity contribution is 0.0591. The van der Waals surface area contributed by atoms with Crippen molar-refractivity contribution in [1.82, 2.24) is 4.98 Å². The van der Waals surface area contributed by atoms with Crippen molar-refractivity contribution in [2.24, 2.45) is 0 Å². The van der Waals surface area contributed by atoms with E-state index in [9.17, 15) is 9.59 Å².